The van der Waals surface area contributed by atoms with Gasteiger partial charge in [0.2, 0.25) is 21.8 Å². The maximum absolute atomic E-state index is 13.1. The number of rotatable bonds is 6. The van der Waals surface area contributed by atoms with Crippen LogP contribution in [0, 0.1) is 11.7 Å². The first kappa shape index (κ1) is 21.9. The second kappa shape index (κ2) is 9.03. The van der Waals surface area contributed by atoms with E-state index in [0.29, 0.717) is 29.5 Å². The molecule has 1 aromatic carbocycles. The average Bonchev–Trinajstić information content (AvgIpc) is 3.37. The molecule has 8 nitrogen and oxygen atoms in total. The molecule has 3 heterocycles. The van der Waals surface area contributed by atoms with Gasteiger partial charge in [-0.1, -0.05) is 16.7 Å². The molecule has 2 aromatic heterocycles. The summed E-state index contributed by atoms with van der Waals surface area (Å²) in [7, 11) is -3.73. The molecule has 12 heteroatoms. The van der Waals surface area contributed by atoms with Gasteiger partial charge in [-0.05, 0) is 49.2 Å². The number of hydrogen-bond donors (Lipinski definition) is 1. The summed E-state index contributed by atoms with van der Waals surface area (Å²) in [5.74, 6) is -0.828. The summed E-state index contributed by atoms with van der Waals surface area (Å²) in [6, 6.07) is 8.34. The molecule has 0 unspecified atom stereocenters. The van der Waals surface area contributed by atoms with Crippen LogP contribution in [-0.2, 0) is 21.2 Å². The summed E-state index contributed by atoms with van der Waals surface area (Å²) in [6.07, 6.45) is 1.11. The van der Waals surface area contributed by atoms with Gasteiger partial charge in [0, 0.05) is 23.9 Å². The predicted octanol–water partition coefficient (Wildman–Crippen LogP) is 3.55. The van der Waals surface area contributed by atoms with Crippen LogP contribution in [0.5, 0.6) is 0 Å². The number of aromatic nitrogens is 2. The number of benzene rings is 1. The summed E-state index contributed by atoms with van der Waals surface area (Å²) in [4.78, 5) is 13.5. The predicted molar refractivity (Wildman–Crippen MR) is 113 cm³/mol. The van der Waals surface area contributed by atoms with Crippen LogP contribution >= 0.6 is 22.9 Å². The van der Waals surface area contributed by atoms with Gasteiger partial charge in [0.05, 0.1) is 15.7 Å². The van der Waals surface area contributed by atoms with Gasteiger partial charge in [0.25, 0.3) is 0 Å². The molecule has 1 N–H and O–H groups in total. The van der Waals surface area contributed by atoms with E-state index >= 15 is 0 Å². The van der Waals surface area contributed by atoms with Crippen LogP contribution in [0.15, 0.2) is 45.7 Å². The Morgan fingerprint density at radius 3 is 2.55 bits per heavy atom. The van der Waals surface area contributed by atoms with Gasteiger partial charge in [-0.25, -0.2) is 12.8 Å². The van der Waals surface area contributed by atoms with E-state index in [4.69, 9.17) is 16.0 Å². The minimum atomic E-state index is -3.73. The number of anilines is 1. The Labute approximate surface area is 187 Å². The molecule has 31 heavy (non-hydrogen) atoms. The number of nitrogens with one attached hydrogen (secondary N) is 1. The maximum atomic E-state index is 13.1. The Morgan fingerprint density at radius 2 is 1.90 bits per heavy atom. The molecule has 1 fully saturated rings. The van der Waals surface area contributed by atoms with Crippen molar-refractivity contribution in [2.75, 3.05) is 18.4 Å². The van der Waals surface area contributed by atoms with E-state index in [-0.39, 0.29) is 35.8 Å². The molecule has 1 aliphatic heterocycles. The van der Waals surface area contributed by atoms with E-state index in [1.54, 1.807) is 6.07 Å². The van der Waals surface area contributed by atoms with Crippen molar-refractivity contribution in [2.45, 2.75) is 24.2 Å². The van der Waals surface area contributed by atoms with E-state index in [0.717, 1.165) is 17.0 Å². The summed E-state index contributed by atoms with van der Waals surface area (Å²) < 4.78 is 45.9. The quantitative estimate of drug-likeness (QED) is 0.573. The van der Waals surface area contributed by atoms with Crippen LogP contribution in [0.4, 0.5) is 10.4 Å². The smallest absolute Gasteiger partial charge is 0.322 e. The third kappa shape index (κ3) is 5.12. The highest BCUT2D eigenvalue weighted by atomic mass is 35.5. The number of hydrogen-bond acceptors (Lipinski definition) is 7. The van der Waals surface area contributed by atoms with Crippen LogP contribution in [0.3, 0.4) is 0 Å². The minimum Gasteiger partial charge on any atom is -0.407 e. The zero-order valence-electron chi connectivity index (χ0n) is 16.1. The first-order chi connectivity index (χ1) is 14.8. The first-order valence-electron chi connectivity index (χ1n) is 9.44. The molecule has 4 rings (SSSR count). The van der Waals surface area contributed by atoms with E-state index in [2.05, 4.69) is 15.5 Å². The highest BCUT2D eigenvalue weighted by Gasteiger charge is 2.32. The molecule has 1 saturated heterocycles. The lowest BCUT2D eigenvalue weighted by Crippen LogP contribution is -2.41. The minimum absolute atomic E-state index is 0.00372. The lowest BCUT2D eigenvalue weighted by atomic mass is 9.97. The fourth-order valence-corrected chi connectivity index (χ4v) is 5.84. The molecule has 3 aromatic rings. The van der Waals surface area contributed by atoms with E-state index < -0.39 is 15.8 Å². The van der Waals surface area contributed by atoms with Gasteiger partial charge in [-0.15, -0.1) is 16.4 Å². The zero-order valence-corrected chi connectivity index (χ0v) is 18.5. The summed E-state index contributed by atoms with van der Waals surface area (Å²) in [6.45, 7) is 0.373. The van der Waals surface area contributed by atoms with Gasteiger partial charge < -0.3 is 4.42 Å². The SMILES string of the molecule is O=C(Nc1nnc(Cc2ccc(Cl)s2)o1)C1CCN(S(=O)(=O)c2ccc(F)cc2)CC1. The standard InChI is InChI=1S/C19H18ClFN4O4S2/c20-16-6-3-14(30-16)11-17-23-24-19(29-17)22-18(26)12-7-9-25(10-8-12)31(27,28)15-4-1-13(21)2-5-15/h1-6,12H,7-11H2,(H,22,24,26). The third-order valence-corrected chi connectivity index (χ3v) is 8.07. The van der Waals surface area contributed by atoms with Gasteiger partial charge in [-0.2, -0.15) is 4.31 Å². The van der Waals surface area contributed by atoms with Crippen molar-refractivity contribution in [1.29, 1.82) is 0 Å². The number of piperidine rings is 1. The zero-order chi connectivity index (χ0) is 22.0. The van der Waals surface area contributed by atoms with E-state index in [1.807, 2.05) is 6.07 Å². The number of thiophene rings is 1. The fraction of sp³-hybridized carbons (Fsp3) is 0.316. The lowest BCUT2D eigenvalue weighted by Gasteiger charge is -2.30. The Hall–Kier alpha value is -2.34. The van der Waals surface area contributed by atoms with E-state index in [9.17, 15) is 17.6 Å². The Balaban J connectivity index is 1.32. The van der Waals surface area contributed by atoms with Crippen LogP contribution in [0.25, 0.3) is 0 Å². The number of nitrogens with zero attached hydrogens (tertiary/aromatic N) is 3. The largest absolute Gasteiger partial charge is 0.407 e. The van der Waals surface area contributed by atoms with Crippen LogP contribution < -0.4 is 5.32 Å². The summed E-state index contributed by atoms with van der Waals surface area (Å²) in [5.41, 5.74) is 0. The van der Waals surface area contributed by atoms with E-state index in [1.165, 1.54) is 27.8 Å². The fourth-order valence-electron chi connectivity index (χ4n) is 3.29. The molecular weight excluding hydrogens is 467 g/mol. The molecule has 0 spiro atoms. The number of sulfonamides is 1. The van der Waals surface area contributed by atoms with Crippen LogP contribution in [0.1, 0.15) is 23.6 Å². The van der Waals surface area contributed by atoms with Crippen molar-refractivity contribution < 1.29 is 22.0 Å². The van der Waals surface area contributed by atoms with Crippen molar-refractivity contribution >= 4 is 44.9 Å². The lowest BCUT2D eigenvalue weighted by molar-refractivity contribution is -0.121. The molecule has 0 atom stereocenters. The van der Waals surface area contributed by atoms with Crippen molar-refractivity contribution in [3.05, 3.63) is 57.3 Å². The van der Waals surface area contributed by atoms with Gasteiger partial charge >= 0.3 is 6.01 Å². The highest BCUT2D eigenvalue weighted by Crippen LogP contribution is 2.26. The normalized spacial score (nSPS) is 15.8. The molecule has 164 valence electrons. The third-order valence-electron chi connectivity index (χ3n) is 4.93. The topological polar surface area (TPSA) is 105 Å². The molecule has 0 aliphatic carbocycles. The Morgan fingerprint density at radius 1 is 1.19 bits per heavy atom. The maximum Gasteiger partial charge on any atom is 0.322 e. The average molecular weight is 485 g/mol. The molecule has 1 amide bonds. The van der Waals surface area contributed by atoms with Crippen LogP contribution in [0.2, 0.25) is 4.34 Å². The number of carbonyl (C=O) groups excluding carboxylic acids is 1. The Bertz CT molecular complexity index is 1170. The molecule has 0 bridgehead atoms. The van der Waals surface area contributed by atoms with Gasteiger partial charge in [-0.3, -0.25) is 10.1 Å². The number of carbonyl (C=O) groups is 1. The van der Waals surface area contributed by atoms with Crippen molar-refractivity contribution in [1.82, 2.24) is 14.5 Å². The molecular formula is C19H18ClFN4O4S2. The summed E-state index contributed by atoms with van der Waals surface area (Å²) >= 11 is 7.31. The highest BCUT2D eigenvalue weighted by molar-refractivity contribution is 7.89. The molecule has 0 saturated carbocycles. The molecule has 0 radical (unpaired) electrons. The number of halogens is 2. The summed E-state index contributed by atoms with van der Waals surface area (Å²) in [5, 5.41) is 10.4. The Kier molecular flexibility index (Phi) is 6.37. The van der Waals surface area contributed by atoms with Gasteiger partial charge in [0.15, 0.2) is 0 Å². The molecule has 1 aliphatic rings. The van der Waals surface area contributed by atoms with Crippen LogP contribution in [-0.4, -0.2) is 41.9 Å². The second-order valence-corrected chi connectivity index (χ2v) is 10.7. The monoisotopic (exact) mass is 484 g/mol. The van der Waals surface area contributed by atoms with Gasteiger partial charge in [0.1, 0.15) is 5.82 Å². The first-order valence-corrected chi connectivity index (χ1v) is 12.1. The van der Waals surface area contributed by atoms with Crippen molar-refractivity contribution in [2.24, 2.45) is 5.92 Å². The number of amides is 1. The van der Waals surface area contributed by atoms with Crippen molar-refractivity contribution in [3.63, 3.8) is 0 Å². The second-order valence-electron chi connectivity index (χ2n) is 7.01. The van der Waals surface area contributed by atoms with Crippen molar-refractivity contribution in [3.8, 4) is 0 Å².